The zero-order valence-electron chi connectivity index (χ0n) is 8.53. The normalized spacial score (nSPS) is 18.6. The molecule has 1 aliphatic rings. The lowest BCUT2D eigenvalue weighted by atomic mass is 10.1. The van der Waals surface area contributed by atoms with Crippen LogP contribution in [0.2, 0.25) is 0 Å². The molecule has 78 valence electrons. The molecule has 0 bridgehead atoms. The number of hydrogen-bond donors (Lipinski definition) is 0. The molecule has 0 unspecified atom stereocenters. The second kappa shape index (κ2) is 4.17. The van der Waals surface area contributed by atoms with Gasteiger partial charge < -0.3 is 9.47 Å². The highest BCUT2D eigenvalue weighted by Crippen LogP contribution is 2.25. The van der Waals surface area contributed by atoms with Crippen LogP contribution in [-0.2, 0) is 14.3 Å². The van der Waals surface area contributed by atoms with E-state index >= 15 is 0 Å². The average molecular weight is 204 g/mol. The van der Waals surface area contributed by atoms with Crippen LogP contribution in [-0.4, -0.2) is 19.7 Å². The smallest absolute Gasteiger partial charge is 0.337 e. The largest absolute Gasteiger partial charge is 0.496 e. The summed E-state index contributed by atoms with van der Waals surface area (Å²) in [6, 6.07) is 9.58. The number of carbonyl (C=O) groups excluding carboxylic acids is 1. The Kier molecular flexibility index (Phi) is 2.72. The van der Waals surface area contributed by atoms with E-state index in [4.69, 9.17) is 9.47 Å². The summed E-state index contributed by atoms with van der Waals surface area (Å²) in [6.07, 6.45) is 0.622. The van der Waals surface area contributed by atoms with Gasteiger partial charge in [0, 0.05) is 12.0 Å². The maximum Gasteiger partial charge on any atom is 0.337 e. The zero-order chi connectivity index (χ0) is 10.7. The summed E-state index contributed by atoms with van der Waals surface area (Å²) in [5.74, 6) is 0.355. The molecule has 3 heteroatoms. The number of methoxy groups -OCH3 is 1. The topological polar surface area (TPSA) is 35.5 Å². The van der Waals surface area contributed by atoms with Gasteiger partial charge in [-0.1, -0.05) is 30.3 Å². The number of benzene rings is 1. The van der Waals surface area contributed by atoms with Gasteiger partial charge in [-0.05, 0) is 0 Å². The second-order valence-corrected chi connectivity index (χ2v) is 3.26. The highest BCUT2D eigenvalue weighted by atomic mass is 16.5. The Labute approximate surface area is 88.3 Å². The fourth-order valence-electron chi connectivity index (χ4n) is 1.65. The standard InChI is InChI=1S/C12H12O3/c1-14-11(9-5-3-2-4-6-9)10-7-8-15-12(10)13/h2-6H,7-8H2,1H3/b11-10+. The Morgan fingerprint density at radius 1 is 1.33 bits per heavy atom. The minimum Gasteiger partial charge on any atom is -0.496 e. The van der Waals surface area contributed by atoms with Crippen molar-refractivity contribution in [2.45, 2.75) is 6.42 Å². The van der Waals surface area contributed by atoms with Crippen molar-refractivity contribution in [2.24, 2.45) is 0 Å². The van der Waals surface area contributed by atoms with Crippen LogP contribution in [0.15, 0.2) is 35.9 Å². The molecule has 3 nitrogen and oxygen atoms in total. The molecular weight excluding hydrogens is 192 g/mol. The van der Waals surface area contributed by atoms with Crippen LogP contribution in [0.4, 0.5) is 0 Å². The summed E-state index contributed by atoms with van der Waals surface area (Å²) in [6.45, 7) is 0.452. The number of rotatable bonds is 2. The molecule has 0 aromatic heterocycles. The van der Waals surface area contributed by atoms with Gasteiger partial charge in [0.2, 0.25) is 0 Å². The van der Waals surface area contributed by atoms with Gasteiger partial charge in [-0.15, -0.1) is 0 Å². The van der Waals surface area contributed by atoms with Crippen LogP contribution < -0.4 is 0 Å². The molecule has 0 atom stereocenters. The summed E-state index contributed by atoms with van der Waals surface area (Å²) in [5.41, 5.74) is 1.54. The maximum atomic E-state index is 11.4. The van der Waals surface area contributed by atoms with Crippen LogP contribution in [0.5, 0.6) is 0 Å². The summed E-state index contributed by atoms with van der Waals surface area (Å²) < 4.78 is 10.2. The van der Waals surface area contributed by atoms with Gasteiger partial charge in [0.05, 0.1) is 19.3 Å². The first kappa shape index (κ1) is 9.77. The van der Waals surface area contributed by atoms with Crippen LogP contribution in [0.1, 0.15) is 12.0 Å². The first-order valence-corrected chi connectivity index (χ1v) is 4.82. The van der Waals surface area contributed by atoms with Gasteiger partial charge in [0.15, 0.2) is 0 Å². The third kappa shape index (κ3) is 1.86. The number of hydrogen-bond acceptors (Lipinski definition) is 3. The predicted octanol–water partition coefficient (Wildman–Crippen LogP) is 1.99. The van der Waals surface area contributed by atoms with Gasteiger partial charge in [-0.2, -0.15) is 0 Å². The van der Waals surface area contributed by atoms with E-state index in [-0.39, 0.29) is 5.97 Å². The molecule has 1 aromatic rings. The summed E-state index contributed by atoms with van der Waals surface area (Å²) in [4.78, 5) is 11.4. The fourth-order valence-corrected chi connectivity index (χ4v) is 1.65. The van der Waals surface area contributed by atoms with Crippen molar-refractivity contribution >= 4 is 11.7 Å². The Bertz CT molecular complexity index is 393. The van der Waals surface area contributed by atoms with E-state index in [0.717, 1.165) is 5.56 Å². The Morgan fingerprint density at radius 3 is 2.60 bits per heavy atom. The van der Waals surface area contributed by atoms with Crippen molar-refractivity contribution < 1.29 is 14.3 Å². The highest BCUT2D eigenvalue weighted by Gasteiger charge is 2.24. The minimum absolute atomic E-state index is 0.268. The van der Waals surface area contributed by atoms with E-state index in [9.17, 15) is 4.79 Å². The minimum atomic E-state index is -0.268. The molecule has 1 fully saturated rings. The summed E-state index contributed by atoms with van der Waals surface area (Å²) in [5, 5.41) is 0. The Balaban J connectivity index is 2.44. The SMILES string of the molecule is CO/C(=C1\CCOC1=O)c1ccccc1. The zero-order valence-corrected chi connectivity index (χ0v) is 8.53. The predicted molar refractivity (Wildman–Crippen MR) is 55.9 cm³/mol. The van der Waals surface area contributed by atoms with Crippen LogP contribution in [0.3, 0.4) is 0 Å². The number of cyclic esters (lactones) is 1. The van der Waals surface area contributed by atoms with Gasteiger partial charge in [-0.3, -0.25) is 0 Å². The third-order valence-electron chi connectivity index (χ3n) is 2.35. The van der Waals surface area contributed by atoms with Gasteiger partial charge in [0.1, 0.15) is 5.76 Å². The quantitative estimate of drug-likeness (QED) is 0.420. The van der Waals surface area contributed by atoms with E-state index in [1.807, 2.05) is 30.3 Å². The van der Waals surface area contributed by atoms with Crippen LogP contribution in [0, 0.1) is 0 Å². The molecule has 1 saturated heterocycles. The van der Waals surface area contributed by atoms with E-state index < -0.39 is 0 Å². The molecule has 1 aromatic carbocycles. The van der Waals surface area contributed by atoms with Gasteiger partial charge >= 0.3 is 5.97 Å². The first-order chi connectivity index (χ1) is 7.33. The molecular formula is C12H12O3. The lowest BCUT2D eigenvalue weighted by Gasteiger charge is -2.07. The molecule has 0 radical (unpaired) electrons. The van der Waals surface area contributed by atoms with Crippen molar-refractivity contribution in [1.82, 2.24) is 0 Å². The number of esters is 1. The molecule has 1 heterocycles. The van der Waals surface area contributed by atoms with Gasteiger partial charge in [0.25, 0.3) is 0 Å². The van der Waals surface area contributed by atoms with E-state index in [1.165, 1.54) is 0 Å². The molecule has 0 aliphatic carbocycles. The summed E-state index contributed by atoms with van der Waals surface area (Å²) in [7, 11) is 1.57. The molecule has 15 heavy (non-hydrogen) atoms. The summed E-state index contributed by atoms with van der Waals surface area (Å²) >= 11 is 0. The second-order valence-electron chi connectivity index (χ2n) is 3.26. The van der Waals surface area contributed by atoms with Crippen molar-refractivity contribution in [2.75, 3.05) is 13.7 Å². The van der Waals surface area contributed by atoms with Crippen molar-refractivity contribution in [3.8, 4) is 0 Å². The molecule has 2 rings (SSSR count). The van der Waals surface area contributed by atoms with Crippen molar-refractivity contribution in [3.63, 3.8) is 0 Å². The first-order valence-electron chi connectivity index (χ1n) is 4.82. The Hall–Kier alpha value is -1.77. The lowest BCUT2D eigenvalue weighted by Crippen LogP contribution is -2.00. The average Bonchev–Trinajstić information content (AvgIpc) is 2.68. The Morgan fingerprint density at radius 2 is 2.07 bits per heavy atom. The monoisotopic (exact) mass is 204 g/mol. The highest BCUT2D eigenvalue weighted by molar-refractivity contribution is 5.97. The number of ether oxygens (including phenoxy) is 2. The van der Waals surface area contributed by atoms with E-state index in [1.54, 1.807) is 7.11 Å². The maximum absolute atomic E-state index is 11.4. The van der Waals surface area contributed by atoms with E-state index in [2.05, 4.69) is 0 Å². The molecule has 1 aliphatic heterocycles. The molecule has 0 spiro atoms. The fraction of sp³-hybridized carbons (Fsp3) is 0.250. The molecule has 0 N–H and O–H groups in total. The third-order valence-corrected chi connectivity index (χ3v) is 2.35. The lowest BCUT2D eigenvalue weighted by molar-refractivity contribution is -0.135. The van der Waals surface area contributed by atoms with Gasteiger partial charge in [-0.25, -0.2) is 4.79 Å². The van der Waals surface area contributed by atoms with Crippen molar-refractivity contribution in [1.29, 1.82) is 0 Å². The van der Waals surface area contributed by atoms with Crippen molar-refractivity contribution in [3.05, 3.63) is 41.5 Å². The van der Waals surface area contributed by atoms with Crippen LogP contribution >= 0.6 is 0 Å². The number of carbonyl (C=O) groups is 1. The molecule has 0 saturated carbocycles. The molecule has 0 amide bonds. The van der Waals surface area contributed by atoms with E-state index in [0.29, 0.717) is 24.4 Å². The van der Waals surface area contributed by atoms with Crippen LogP contribution in [0.25, 0.3) is 5.76 Å².